The molecule has 7 nitrogen and oxygen atoms in total. The minimum Gasteiger partial charge on any atom is -0.339 e. The summed E-state index contributed by atoms with van der Waals surface area (Å²) in [6.45, 7) is 0.555. The third kappa shape index (κ3) is 4.96. The van der Waals surface area contributed by atoms with Crippen LogP contribution in [0.4, 0.5) is 0 Å². The van der Waals surface area contributed by atoms with Gasteiger partial charge in [0, 0.05) is 33.7 Å². The second kappa shape index (κ2) is 10.4. The molecule has 0 saturated heterocycles. The molecule has 0 saturated carbocycles. The van der Waals surface area contributed by atoms with Crippen molar-refractivity contribution in [2.45, 2.75) is 37.1 Å². The van der Waals surface area contributed by atoms with Crippen LogP contribution < -0.4 is 4.72 Å². The van der Waals surface area contributed by atoms with Crippen molar-refractivity contribution < 1.29 is 13.2 Å². The van der Waals surface area contributed by atoms with E-state index in [9.17, 15) is 13.2 Å². The van der Waals surface area contributed by atoms with E-state index < -0.39 is 15.9 Å². The maximum absolute atomic E-state index is 13.0. The van der Waals surface area contributed by atoms with Gasteiger partial charge in [-0.2, -0.15) is 8.75 Å². The number of aryl methyl sites for hydroxylation is 1. The van der Waals surface area contributed by atoms with E-state index in [2.05, 4.69) is 24.1 Å². The Morgan fingerprint density at radius 2 is 1.87 bits per heavy atom. The molecule has 198 valence electrons. The maximum atomic E-state index is 13.0. The van der Waals surface area contributed by atoms with Crippen LogP contribution in [0.2, 0.25) is 10.0 Å². The largest absolute Gasteiger partial charge is 0.339 e. The summed E-state index contributed by atoms with van der Waals surface area (Å²) < 4.78 is 38.5. The second-order valence-electron chi connectivity index (χ2n) is 9.39. The lowest BCUT2D eigenvalue weighted by molar-refractivity contribution is -0.114. The van der Waals surface area contributed by atoms with E-state index in [-0.39, 0.29) is 10.4 Å². The van der Waals surface area contributed by atoms with Crippen molar-refractivity contribution in [1.82, 2.24) is 18.0 Å². The SMILES string of the molecule is O=C(/C=C/c1cccc2c3c(n(Cc4ccc(Cl)cc4Cl)c12)CCCC3)NS(=O)(=O)c1cccc2nsnc12. The number of carbonyl (C=O) groups excluding carboxylic acids is 1. The zero-order valence-corrected chi connectivity index (χ0v) is 23.7. The fourth-order valence-electron chi connectivity index (χ4n) is 5.23. The number of halogens is 2. The van der Waals surface area contributed by atoms with E-state index in [1.54, 1.807) is 24.3 Å². The summed E-state index contributed by atoms with van der Waals surface area (Å²) in [5.41, 5.74) is 6.02. The Hall–Kier alpha value is -3.24. The second-order valence-corrected chi connectivity index (χ2v) is 12.4. The van der Waals surface area contributed by atoms with Gasteiger partial charge in [0.1, 0.15) is 15.9 Å². The highest BCUT2D eigenvalue weighted by Gasteiger charge is 2.23. The normalized spacial score (nSPS) is 13.8. The molecule has 0 fully saturated rings. The fraction of sp³-hybridized carbons (Fsp3) is 0.179. The van der Waals surface area contributed by atoms with Crippen LogP contribution in [0.5, 0.6) is 0 Å². The molecule has 1 amide bonds. The molecule has 2 heterocycles. The number of nitrogens with one attached hydrogen (secondary N) is 1. The molecule has 1 aliphatic rings. The molecule has 1 N–H and O–H groups in total. The number of sulfonamides is 1. The number of para-hydroxylation sites is 1. The first kappa shape index (κ1) is 26.0. The van der Waals surface area contributed by atoms with E-state index in [0.29, 0.717) is 22.1 Å². The van der Waals surface area contributed by atoms with Gasteiger partial charge in [-0.05, 0) is 72.7 Å². The molecule has 1 aliphatic carbocycles. The molecule has 2 aromatic heterocycles. The average molecular weight is 598 g/mol. The lowest BCUT2D eigenvalue weighted by Crippen LogP contribution is -2.29. The number of hydrogen-bond acceptors (Lipinski definition) is 6. The molecule has 0 unspecified atom stereocenters. The van der Waals surface area contributed by atoms with Crippen LogP contribution >= 0.6 is 34.9 Å². The predicted molar refractivity (Wildman–Crippen MR) is 156 cm³/mol. The summed E-state index contributed by atoms with van der Waals surface area (Å²) >= 11 is 13.6. The Morgan fingerprint density at radius 1 is 1.05 bits per heavy atom. The molecule has 3 aromatic carbocycles. The molecule has 0 radical (unpaired) electrons. The van der Waals surface area contributed by atoms with Crippen LogP contribution in [0.15, 0.2) is 65.6 Å². The summed E-state index contributed by atoms with van der Waals surface area (Å²) in [5.74, 6) is -0.754. The molecule has 0 aliphatic heterocycles. The van der Waals surface area contributed by atoms with Gasteiger partial charge in [-0.3, -0.25) is 4.79 Å². The number of carbonyl (C=O) groups is 1. The minimum absolute atomic E-state index is 0.0843. The molecule has 5 aromatic rings. The van der Waals surface area contributed by atoms with Crippen LogP contribution in [0, 0.1) is 0 Å². The quantitative estimate of drug-likeness (QED) is 0.229. The van der Waals surface area contributed by atoms with Crippen molar-refractivity contribution in [3.05, 3.63) is 93.1 Å². The first-order valence-electron chi connectivity index (χ1n) is 12.3. The lowest BCUT2D eigenvalue weighted by Gasteiger charge is -2.17. The van der Waals surface area contributed by atoms with Gasteiger partial charge in [0.25, 0.3) is 15.9 Å². The van der Waals surface area contributed by atoms with E-state index in [4.69, 9.17) is 23.2 Å². The molecular formula is C28H22Cl2N4O3S2. The number of nitrogens with zero attached hydrogens (tertiary/aromatic N) is 3. The molecule has 0 bridgehead atoms. The van der Waals surface area contributed by atoms with Crippen molar-refractivity contribution in [1.29, 1.82) is 0 Å². The molecule has 6 rings (SSSR count). The van der Waals surface area contributed by atoms with Crippen LogP contribution in [0.25, 0.3) is 28.0 Å². The summed E-state index contributed by atoms with van der Waals surface area (Å²) in [6.07, 6.45) is 7.06. The monoisotopic (exact) mass is 596 g/mol. The van der Waals surface area contributed by atoms with Gasteiger partial charge in [0.2, 0.25) is 0 Å². The zero-order valence-electron chi connectivity index (χ0n) is 20.5. The molecule has 11 heteroatoms. The fourth-order valence-corrected chi connectivity index (χ4v) is 7.41. The van der Waals surface area contributed by atoms with Crippen LogP contribution in [0.1, 0.15) is 35.2 Å². The van der Waals surface area contributed by atoms with Gasteiger partial charge in [0.05, 0.1) is 17.2 Å². The van der Waals surface area contributed by atoms with Crippen molar-refractivity contribution >= 4 is 78.9 Å². The number of rotatable bonds is 6. The summed E-state index contributed by atoms with van der Waals surface area (Å²) in [6, 6.07) is 16.1. The van der Waals surface area contributed by atoms with Gasteiger partial charge in [-0.25, -0.2) is 13.1 Å². The van der Waals surface area contributed by atoms with E-state index in [1.807, 2.05) is 24.3 Å². The summed E-state index contributed by atoms with van der Waals surface area (Å²) in [5, 5.41) is 2.31. The van der Waals surface area contributed by atoms with E-state index in [0.717, 1.165) is 59.4 Å². The van der Waals surface area contributed by atoms with Gasteiger partial charge >= 0.3 is 0 Å². The highest BCUT2D eigenvalue weighted by molar-refractivity contribution is 7.90. The van der Waals surface area contributed by atoms with Crippen molar-refractivity contribution in [2.24, 2.45) is 0 Å². The van der Waals surface area contributed by atoms with Crippen molar-refractivity contribution in [3.63, 3.8) is 0 Å². The average Bonchev–Trinajstić information content (AvgIpc) is 3.52. The number of hydrogen-bond donors (Lipinski definition) is 1. The Morgan fingerprint density at radius 3 is 2.72 bits per heavy atom. The van der Waals surface area contributed by atoms with Crippen LogP contribution in [-0.2, 0) is 34.2 Å². The number of aromatic nitrogens is 3. The Labute approximate surface area is 239 Å². The third-order valence-electron chi connectivity index (χ3n) is 6.96. The Bertz CT molecular complexity index is 1890. The highest BCUT2D eigenvalue weighted by atomic mass is 35.5. The standard InChI is InChI=1S/C28H22Cl2N4O3S2/c29-19-13-11-18(22(30)15-19)16-34-24-9-2-1-6-20(24)21-7-3-5-17(28(21)34)12-14-26(35)33-39(36,37)25-10-4-8-23-27(25)32-38-31-23/h3-5,7-8,10-15H,1-2,6,9,16H2,(H,33,35)/b14-12+. The van der Waals surface area contributed by atoms with Crippen molar-refractivity contribution in [2.75, 3.05) is 0 Å². The number of benzene rings is 3. The third-order valence-corrected chi connectivity index (χ3v) is 9.47. The van der Waals surface area contributed by atoms with E-state index in [1.165, 1.54) is 23.4 Å². The lowest BCUT2D eigenvalue weighted by atomic mass is 9.95. The van der Waals surface area contributed by atoms with Gasteiger partial charge in [0.15, 0.2) is 0 Å². The zero-order chi connectivity index (χ0) is 27.1. The van der Waals surface area contributed by atoms with Gasteiger partial charge in [-0.1, -0.05) is 53.5 Å². The smallest absolute Gasteiger partial charge is 0.266 e. The van der Waals surface area contributed by atoms with Gasteiger partial charge < -0.3 is 4.57 Å². The summed E-state index contributed by atoms with van der Waals surface area (Å²) in [4.78, 5) is 12.7. The van der Waals surface area contributed by atoms with Gasteiger partial charge in [-0.15, -0.1) is 0 Å². The Balaban J connectivity index is 1.36. The number of fused-ring (bicyclic) bond motifs is 4. The molecule has 0 atom stereocenters. The maximum Gasteiger partial charge on any atom is 0.266 e. The van der Waals surface area contributed by atoms with Crippen LogP contribution in [-0.4, -0.2) is 27.6 Å². The minimum atomic E-state index is -4.14. The highest BCUT2D eigenvalue weighted by Crippen LogP contribution is 2.36. The predicted octanol–water partition coefficient (Wildman–Crippen LogP) is 6.40. The first-order chi connectivity index (χ1) is 18.8. The summed E-state index contributed by atoms with van der Waals surface area (Å²) in [7, 11) is -4.14. The molecular weight excluding hydrogens is 575 g/mol. The number of amides is 1. The first-order valence-corrected chi connectivity index (χ1v) is 15.3. The topological polar surface area (TPSA) is 94.0 Å². The molecule has 0 spiro atoms. The Kier molecular flexibility index (Phi) is 6.93. The van der Waals surface area contributed by atoms with E-state index >= 15 is 0 Å². The van der Waals surface area contributed by atoms with Crippen LogP contribution in [0.3, 0.4) is 0 Å². The van der Waals surface area contributed by atoms with Crippen molar-refractivity contribution in [3.8, 4) is 0 Å². The molecule has 39 heavy (non-hydrogen) atoms.